The topological polar surface area (TPSA) is 192 Å². The molecule has 14 heteroatoms. The zero-order valence-electron chi connectivity index (χ0n) is 25.2. The number of azo groups is 1. The summed E-state index contributed by atoms with van der Waals surface area (Å²) >= 11 is 0. The van der Waals surface area contributed by atoms with Gasteiger partial charge in [0, 0.05) is 10.9 Å². The second-order valence-electron chi connectivity index (χ2n) is 11.5. The number of nitrogens with zero attached hydrogens (tertiary/aromatic N) is 2. The highest BCUT2D eigenvalue weighted by atomic mass is 32.2. The summed E-state index contributed by atoms with van der Waals surface area (Å²) in [5.74, 6) is -0.842. The van der Waals surface area contributed by atoms with Crippen LogP contribution in [-0.4, -0.2) is 37.0 Å². The number of para-hydroxylation sites is 1. The maximum absolute atomic E-state index is 13.0. The molecule has 0 atom stereocenters. The molecule has 5 rings (SSSR count). The zero-order chi connectivity index (χ0) is 34.1. The van der Waals surface area contributed by atoms with E-state index in [1.165, 1.54) is 18.2 Å². The first-order valence-corrected chi connectivity index (χ1v) is 16.8. The van der Waals surface area contributed by atoms with Gasteiger partial charge in [-0.2, -0.15) is 16.8 Å². The van der Waals surface area contributed by atoms with Gasteiger partial charge in [0.1, 0.15) is 22.0 Å². The van der Waals surface area contributed by atoms with Gasteiger partial charge in [-0.15, -0.1) is 10.2 Å². The van der Waals surface area contributed by atoms with Crippen molar-refractivity contribution in [2.45, 2.75) is 36.0 Å². The lowest BCUT2D eigenvalue weighted by atomic mass is 9.87. The fourth-order valence-corrected chi connectivity index (χ4v) is 5.86. The van der Waals surface area contributed by atoms with Crippen molar-refractivity contribution in [3.63, 3.8) is 0 Å². The van der Waals surface area contributed by atoms with Crippen LogP contribution < -0.4 is 10.1 Å². The van der Waals surface area contributed by atoms with Gasteiger partial charge in [0.15, 0.2) is 11.5 Å². The monoisotopic (exact) mass is 675 g/mol. The van der Waals surface area contributed by atoms with Crippen LogP contribution in [0.2, 0.25) is 0 Å². The van der Waals surface area contributed by atoms with Crippen molar-refractivity contribution in [3.8, 4) is 17.2 Å². The molecule has 0 saturated carbocycles. The van der Waals surface area contributed by atoms with Crippen molar-refractivity contribution >= 4 is 54.0 Å². The van der Waals surface area contributed by atoms with Gasteiger partial charge in [0.05, 0.1) is 10.6 Å². The summed E-state index contributed by atoms with van der Waals surface area (Å²) in [7, 11) is -9.97. The first kappa shape index (κ1) is 33.2. The predicted molar refractivity (Wildman–Crippen MR) is 175 cm³/mol. The molecule has 4 N–H and O–H groups in total. The fourth-order valence-electron chi connectivity index (χ4n) is 4.66. The Bertz CT molecular complexity index is 2250. The third-order valence-electron chi connectivity index (χ3n) is 7.05. The maximum Gasteiger partial charge on any atom is 0.296 e. The molecule has 1 amide bonds. The van der Waals surface area contributed by atoms with Gasteiger partial charge in [0.25, 0.3) is 26.1 Å². The Balaban J connectivity index is 1.64. The van der Waals surface area contributed by atoms with Crippen molar-refractivity contribution in [2.75, 3.05) is 5.32 Å². The number of carbonyl (C=O) groups is 1. The summed E-state index contributed by atoms with van der Waals surface area (Å²) in [6, 6.07) is 24.3. The highest BCUT2D eigenvalue weighted by Gasteiger charge is 2.26. The van der Waals surface area contributed by atoms with Crippen LogP contribution in [0.25, 0.3) is 10.8 Å². The molecule has 0 saturated heterocycles. The summed E-state index contributed by atoms with van der Waals surface area (Å²) in [5, 5.41) is 21.4. The Morgan fingerprint density at radius 3 is 2.04 bits per heavy atom. The maximum atomic E-state index is 13.0. The quantitative estimate of drug-likeness (QED) is 0.0938. The number of phenolic OH excluding ortho intramolecular Hbond substituents is 1. The number of ether oxygens (including phenoxy) is 1. The third kappa shape index (κ3) is 7.47. The number of amides is 1. The number of nitrogens with one attached hydrogen (secondary N) is 1. The highest BCUT2D eigenvalue weighted by molar-refractivity contribution is 7.86. The summed E-state index contributed by atoms with van der Waals surface area (Å²) < 4.78 is 74.9. The van der Waals surface area contributed by atoms with Crippen molar-refractivity contribution in [2.24, 2.45) is 10.2 Å². The molecule has 12 nitrogen and oxygen atoms in total. The van der Waals surface area contributed by atoms with Gasteiger partial charge < -0.3 is 15.2 Å². The molecular weight excluding hydrogens is 647 g/mol. The molecule has 0 fully saturated rings. The molecule has 0 aliphatic rings. The van der Waals surface area contributed by atoms with E-state index in [0.717, 1.165) is 23.8 Å². The van der Waals surface area contributed by atoms with Gasteiger partial charge in [-0.3, -0.25) is 13.9 Å². The van der Waals surface area contributed by atoms with Crippen LogP contribution in [0.4, 0.5) is 17.1 Å². The van der Waals surface area contributed by atoms with Crippen LogP contribution in [0.5, 0.6) is 17.2 Å². The number of carbonyl (C=O) groups excluding carboxylic acids is 1. The molecule has 0 radical (unpaired) electrons. The van der Waals surface area contributed by atoms with E-state index in [1.54, 1.807) is 48.5 Å². The smallest absolute Gasteiger partial charge is 0.296 e. The van der Waals surface area contributed by atoms with Gasteiger partial charge in [-0.25, -0.2) is 0 Å². The SMILES string of the molecule is CC(C)(C)c1ccc(Oc2ccccc2N=Nc2c(S(=O)(=O)O)cc3cc(S(=O)(=O)O)cc(NC(=O)c4ccccc4)c3c2O)cc1. The Morgan fingerprint density at radius 2 is 1.43 bits per heavy atom. The molecule has 0 spiro atoms. The van der Waals surface area contributed by atoms with E-state index in [2.05, 4.69) is 36.3 Å². The fraction of sp³-hybridized carbons (Fsp3) is 0.121. The lowest BCUT2D eigenvalue weighted by Gasteiger charge is -2.19. The van der Waals surface area contributed by atoms with Crippen molar-refractivity contribution in [1.29, 1.82) is 0 Å². The Hall–Kier alpha value is -5.15. The van der Waals surface area contributed by atoms with Crippen LogP contribution in [0, 0.1) is 0 Å². The number of benzene rings is 5. The number of hydrogen-bond acceptors (Lipinski definition) is 9. The molecule has 0 heterocycles. The second-order valence-corrected chi connectivity index (χ2v) is 14.3. The predicted octanol–water partition coefficient (Wildman–Crippen LogP) is 7.80. The normalized spacial score (nSPS) is 12.4. The van der Waals surface area contributed by atoms with Crippen molar-refractivity contribution in [3.05, 3.63) is 108 Å². The molecule has 0 aromatic heterocycles. The number of fused-ring (bicyclic) bond motifs is 1. The molecule has 47 heavy (non-hydrogen) atoms. The summed E-state index contributed by atoms with van der Waals surface area (Å²) in [6.45, 7) is 6.24. The second kappa shape index (κ2) is 12.6. The standard InChI is InChI=1S/C33H29N3O9S2/c1-33(2,3)22-13-15-23(16-14-22)45-27-12-8-7-11-25(27)35-36-30-28(47(42,43)44)18-21-17-24(46(39,40)41)19-26(29(21)31(30)37)34-32(38)20-9-5-4-6-10-20/h4-19,37H,1-3H3,(H,34,38)(H,39,40,41)(H,42,43,44). The minimum atomic E-state index is -5.10. The number of hydrogen-bond donors (Lipinski definition) is 4. The molecule has 0 unspecified atom stereocenters. The number of aromatic hydroxyl groups is 1. The van der Waals surface area contributed by atoms with E-state index < -0.39 is 47.4 Å². The van der Waals surface area contributed by atoms with E-state index in [0.29, 0.717) is 5.75 Å². The van der Waals surface area contributed by atoms with Crippen molar-refractivity contribution < 1.29 is 40.6 Å². The minimum Gasteiger partial charge on any atom is -0.505 e. The average molecular weight is 676 g/mol. The van der Waals surface area contributed by atoms with E-state index in [-0.39, 0.29) is 38.9 Å². The van der Waals surface area contributed by atoms with E-state index >= 15 is 0 Å². The number of rotatable bonds is 8. The average Bonchev–Trinajstić information content (AvgIpc) is 3.00. The van der Waals surface area contributed by atoms with E-state index in [9.17, 15) is 35.8 Å². The largest absolute Gasteiger partial charge is 0.505 e. The molecular formula is C33H29N3O9S2. The van der Waals surface area contributed by atoms with Gasteiger partial charge >= 0.3 is 0 Å². The molecule has 5 aromatic carbocycles. The third-order valence-corrected chi connectivity index (χ3v) is 8.75. The van der Waals surface area contributed by atoms with Gasteiger partial charge in [0.2, 0.25) is 0 Å². The van der Waals surface area contributed by atoms with Crippen LogP contribution in [0.15, 0.2) is 117 Å². The molecule has 0 aliphatic carbocycles. The van der Waals surface area contributed by atoms with E-state index in [4.69, 9.17) is 4.74 Å². The summed E-state index contributed by atoms with van der Waals surface area (Å²) in [4.78, 5) is 11.4. The van der Waals surface area contributed by atoms with Crippen molar-refractivity contribution in [1.82, 2.24) is 0 Å². The summed E-state index contributed by atoms with van der Waals surface area (Å²) in [5.41, 5.74) is 0.311. The lowest BCUT2D eigenvalue weighted by molar-refractivity contribution is 0.102. The minimum absolute atomic E-state index is 0.0740. The Kier molecular flexibility index (Phi) is 8.88. The first-order valence-electron chi connectivity index (χ1n) is 14.0. The van der Waals surface area contributed by atoms with Crippen LogP contribution in [0.3, 0.4) is 0 Å². The highest BCUT2D eigenvalue weighted by Crippen LogP contribution is 2.46. The number of anilines is 1. The molecule has 0 aliphatic heterocycles. The molecule has 242 valence electrons. The summed E-state index contributed by atoms with van der Waals surface area (Å²) in [6.07, 6.45) is 0. The van der Waals surface area contributed by atoms with E-state index in [1.807, 2.05) is 12.1 Å². The Morgan fingerprint density at radius 1 is 0.787 bits per heavy atom. The van der Waals surface area contributed by atoms with Crippen LogP contribution in [0.1, 0.15) is 36.7 Å². The van der Waals surface area contributed by atoms with Gasteiger partial charge in [-0.05, 0) is 71.0 Å². The molecule has 0 bridgehead atoms. The van der Waals surface area contributed by atoms with Crippen LogP contribution in [-0.2, 0) is 25.7 Å². The van der Waals surface area contributed by atoms with Gasteiger partial charge in [-0.1, -0.05) is 63.2 Å². The molecule has 5 aromatic rings. The zero-order valence-corrected chi connectivity index (χ0v) is 26.9. The lowest BCUT2D eigenvalue weighted by Crippen LogP contribution is -2.13. The Labute approximate surface area is 270 Å². The number of phenols is 1. The van der Waals surface area contributed by atoms with Crippen LogP contribution >= 0.6 is 0 Å². The first-order chi connectivity index (χ1) is 22.0.